The molecule has 0 aromatic heterocycles. The fourth-order valence-electron chi connectivity index (χ4n) is 2.56. The summed E-state index contributed by atoms with van der Waals surface area (Å²) in [6.07, 6.45) is 2.56. The Morgan fingerprint density at radius 1 is 1.55 bits per heavy atom. The molecule has 0 aliphatic carbocycles. The number of benzene rings is 1. The zero-order chi connectivity index (χ0) is 15.1. The number of hydrogen-bond acceptors (Lipinski definition) is 4. The minimum absolute atomic E-state index is 0. The molecular weight excluding hydrogens is 302 g/mol. The van der Waals surface area contributed by atoms with E-state index < -0.39 is 0 Å². The molecule has 1 aliphatic rings. The van der Waals surface area contributed by atoms with E-state index in [4.69, 9.17) is 10.00 Å². The van der Waals surface area contributed by atoms with Crippen molar-refractivity contribution in [3.63, 3.8) is 0 Å². The van der Waals surface area contributed by atoms with Crippen LogP contribution < -0.4 is 10.1 Å². The second kappa shape index (κ2) is 9.29. The molecule has 0 unspecified atom stereocenters. The average Bonchev–Trinajstić information content (AvgIpc) is 3.00. The van der Waals surface area contributed by atoms with Gasteiger partial charge in [0.05, 0.1) is 19.7 Å². The minimum Gasteiger partial charge on any atom is -0.497 e. The summed E-state index contributed by atoms with van der Waals surface area (Å²) in [5.41, 5.74) is 1.17. The van der Waals surface area contributed by atoms with E-state index in [1.165, 1.54) is 5.56 Å². The van der Waals surface area contributed by atoms with Crippen molar-refractivity contribution in [2.24, 2.45) is 0 Å². The molecule has 1 aromatic carbocycles. The molecule has 0 radical (unpaired) electrons. The molecule has 1 N–H and O–H groups in total. The van der Waals surface area contributed by atoms with Gasteiger partial charge in [-0.15, -0.1) is 12.4 Å². The van der Waals surface area contributed by atoms with Crippen molar-refractivity contribution in [2.75, 3.05) is 26.7 Å². The molecule has 2 rings (SSSR count). The number of halogens is 1. The molecule has 1 amide bonds. The predicted molar refractivity (Wildman–Crippen MR) is 87.2 cm³/mol. The maximum atomic E-state index is 12.0. The summed E-state index contributed by atoms with van der Waals surface area (Å²) < 4.78 is 5.18. The molecular formula is C16H22ClN3O2. The number of rotatable bonds is 6. The Balaban J connectivity index is 0.00000242. The Labute approximate surface area is 137 Å². The normalized spacial score (nSPS) is 16.7. The van der Waals surface area contributed by atoms with Gasteiger partial charge in [-0.1, -0.05) is 12.1 Å². The summed E-state index contributed by atoms with van der Waals surface area (Å²) in [5.74, 6) is 0.863. The zero-order valence-electron chi connectivity index (χ0n) is 12.7. The largest absolute Gasteiger partial charge is 0.497 e. The quantitative estimate of drug-likeness (QED) is 0.810. The molecule has 1 aliphatic heterocycles. The van der Waals surface area contributed by atoms with Crippen molar-refractivity contribution in [3.8, 4) is 11.8 Å². The number of amides is 1. The van der Waals surface area contributed by atoms with Gasteiger partial charge in [0.25, 0.3) is 0 Å². The monoisotopic (exact) mass is 323 g/mol. The number of nitriles is 1. The topological polar surface area (TPSA) is 65.4 Å². The van der Waals surface area contributed by atoms with Gasteiger partial charge in [0.1, 0.15) is 11.8 Å². The van der Waals surface area contributed by atoms with Gasteiger partial charge in [-0.05, 0) is 43.5 Å². The molecule has 6 heteroatoms. The van der Waals surface area contributed by atoms with Crippen LogP contribution in [0.4, 0.5) is 0 Å². The highest BCUT2D eigenvalue weighted by Crippen LogP contribution is 2.16. The fraction of sp³-hybridized carbons (Fsp3) is 0.500. The summed E-state index contributed by atoms with van der Waals surface area (Å²) >= 11 is 0. The number of nitrogens with zero attached hydrogens (tertiary/aromatic N) is 2. The van der Waals surface area contributed by atoms with Crippen LogP contribution >= 0.6 is 12.4 Å². The molecule has 1 aromatic rings. The van der Waals surface area contributed by atoms with Crippen molar-refractivity contribution in [2.45, 2.75) is 25.3 Å². The highest BCUT2D eigenvalue weighted by molar-refractivity contribution is 5.85. The summed E-state index contributed by atoms with van der Waals surface area (Å²) in [6, 6.07) is 9.86. The van der Waals surface area contributed by atoms with Crippen LogP contribution in [0, 0.1) is 11.3 Å². The lowest BCUT2D eigenvalue weighted by molar-refractivity contribution is -0.130. The van der Waals surface area contributed by atoms with Crippen LogP contribution in [0.25, 0.3) is 0 Å². The first-order chi connectivity index (χ1) is 10.2. The molecule has 5 nitrogen and oxygen atoms in total. The van der Waals surface area contributed by atoms with Crippen LogP contribution in [0.1, 0.15) is 18.4 Å². The van der Waals surface area contributed by atoms with Gasteiger partial charge in [0, 0.05) is 6.54 Å². The van der Waals surface area contributed by atoms with Crippen molar-refractivity contribution >= 4 is 18.3 Å². The smallest absolute Gasteiger partial charge is 0.237 e. The fourth-order valence-corrected chi connectivity index (χ4v) is 2.56. The first-order valence-electron chi connectivity index (χ1n) is 7.27. The van der Waals surface area contributed by atoms with Crippen molar-refractivity contribution in [1.82, 2.24) is 10.2 Å². The summed E-state index contributed by atoms with van der Waals surface area (Å²) in [5, 5.41) is 12.1. The van der Waals surface area contributed by atoms with Crippen LogP contribution in [0.5, 0.6) is 5.75 Å². The standard InChI is InChI=1S/C16H21N3O2.ClH/c1-21-15-6-2-4-13(10-15)7-8-18-12-16(20)19-9-3-5-14(19)11-17;/h2,4,6,10,14,18H,3,5,7-9,12H2,1H3;1H/t14-;/m0./s1. The van der Waals surface area contributed by atoms with Crippen LogP contribution in [-0.4, -0.2) is 43.6 Å². The van der Waals surface area contributed by atoms with Crippen molar-refractivity contribution in [1.29, 1.82) is 5.26 Å². The minimum atomic E-state index is -0.238. The lowest BCUT2D eigenvalue weighted by atomic mass is 10.1. The Hall–Kier alpha value is -1.77. The van der Waals surface area contributed by atoms with E-state index in [2.05, 4.69) is 11.4 Å². The highest BCUT2D eigenvalue weighted by Gasteiger charge is 2.27. The van der Waals surface area contributed by atoms with Crippen LogP contribution in [0.3, 0.4) is 0 Å². The third-order valence-corrected chi connectivity index (χ3v) is 3.72. The Morgan fingerprint density at radius 2 is 2.36 bits per heavy atom. The maximum Gasteiger partial charge on any atom is 0.237 e. The number of nitrogens with one attached hydrogen (secondary N) is 1. The summed E-state index contributed by atoms with van der Waals surface area (Å²) in [6.45, 7) is 1.72. The Bertz CT molecular complexity index is 530. The van der Waals surface area contributed by atoms with Gasteiger partial charge < -0.3 is 15.0 Å². The number of ether oxygens (including phenoxy) is 1. The van der Waals surface area contributed by atoms with E-state index in [1.54, 1.807) is 12.0 Å². The average molecular weight is 324 g/mol. The number of hydrogen-bond donors (Lipinski definition) is 1. The molecule has 0 saturated carbocycles. The molecule has 0 spiro atoms. The summed E-state index contributed by atoms with van der Waals surface area (Å²) in [4.78, 5) is 13.7. The van der Waals surface area contributed by atoms with E-state index in [0.717, 1.165) is 31.6 Å². The van der Waals surface area contributed by atoms with Gasteiger partial charge in [0.2, 0.25) is 5.91 Å². The van der Waals surface area contributed by atoms with Gasteiger partial charge in [-0.3, -0.25) is 4.79 Å². The predicted octanol–water partition coefficient (Wildman–Crippen LogP) is 1.76. The number of carbonyl (C=O) groups excluding carboxylic acids is 1. The van der Waals surface area contributed by atoms with Crippen LogP contribution in [-0.2, 0) is 11.2 Å². The molecule has 1 saturated heterocycles. The first kappa shape index (κ1) is 18.3. The Kier molecular flexibility index (Phi) is 7.72. The molecule has 0 bridgehead atoms. The second-order valence-corrected chi connectivity index (χ2v) is 5.15. The molecule has 22 heavy (non-hydrogen) atoms. The van der Waals surface area contributed by atoms with E-state index in [1.807, 2.05) is 24.3 Å². The highest BCUT2D eigenvalue weighted by atomic mass is 35.5. The number of carbonyl (C=O) groups is 1. The second-order valence-electron chi connectivity index (χ2n) is 5.15. The van der Waals surface area contributed by atoms with Gasteiger partial charge in [-0.25, -0.2) is 0 Å². The zero-order valence-corrected chi connectivity index (χ0v) is 13.6. The van der Waals surface area contributed by atoms with Gasteiger partial charge in [0.15, 0.2) is 0 Å². The molecule has 1 atom stereocenters. The molecule has 1 heterocycles. The van der Waals surface area contributed by atoms with E-state index >= 15 is 0 Å². The van der Waals surface area contributed by atoms with E-state index in [9.17, 15) is 4.79 Å². The third-order valence-electron chi connectivity index (χ3n) is 3.72. The van der Waals surface area contributed by atoms with Gasteiger partial charge >= 0.3 is 0 Å². The lowest BCUT2D eigenvalue weighted by Gasteiger charge is -2.19. The lowest BCUT2D eigenvalue weighted by Crippen LogP contribution is -2.40. The van der Waals surface area contributed by atoms with Crippen LogP contribution in [0.2, 0.25) is 0 Å². The third kappa shape index (κ3) is 4.90. The molecule has 1 fully saturated rings. The number of likely N-dealkylation sites (tertiary alicyclic amines) is 1. The SMILES string of the molecule is COc1cccc(CCNCC(=O)N2CCC[C@H]2C#N)c1.Cl. The van der Waals surface area contributed by atoms with Crippen LogP contribution in [0.15, 0.2) is 24.3 Å². The Morgan fingerprint density at radius 3 is 3.09 bits per heavy atom. The maximum absolute atomic E-state index is 12.0. The van der Waals surface area contributed by atoms with Crippen molar-refractivity contribution < 1.29 is 9.53 Å². The van der Waals surface area contributed by atoms with E-state index in [0.29, 0.717) is 13.1 Å². The van der Waals surface area contributed by atoms with Gasteiger partial charge in [-0.2, -0.15) is 5.26 Å². The van der Waals surface area contributed by atoms with Crippen molar-refractivity contribution in [3.05, 3.63) is 29.8 Å². The summed E-state index contributed by atoms with van der Waals surface area (Å²) in [7, 11) is 1.65. The first-order valence-corrected chi connectivity index (χ1v) is 7.27. The molecule has 120 valence electrons. The number of methoxy groups -OCH3 is 1. The van der Waals surface area contributed by atoms with E-state index in [-0.39, 0.29) is 24.4 Å².